The molecule has 616 valence electrons. The van der Waals surface area contributed by atoms with E-state index >= 15 is 0 Å². The van der Waals surface area contributed by atoms with Crippen LogP contribution >= 0.6 is 15.9 Å². The fourth-order valence-electron chi connectivity index (χ4n) is 21.1. The number of aromatic hydroxyl groups is 1. The number of phenols is 1. The number of aryl methyl sites for hydroxylation is 2. The average Bonchev–Trinajstić information content (AvgIpc) is 1.75. The van der Waals surface area contributed by atoms with Gasteiger partial charge in [-0.2, -0.15) is 0 Å². The zero-order valence-corrected chi connectivity index (χ0v) is 77.5. The van der Waals surface area contributed by atoms with E-state index in [2.05, 4.69) is 225 Å². The molecule has 0 bridgehead atoms. The number of alkyl halides is 1. The Hall–Kier alpha value is -2.48. The molecule has 1 aliphatic heterocycles. The highest BCUT2D eigenvalue weighted by Crippen LogP contribution is 2.50. The maximum Gasteiger partial charge on any atom is 0.462 e. The molecule has 10 rings (SSSR count). The zero-order chi connectivity index (χ0) is 80.0. The lowest BCUT2D eigenvalue weighted by molar-refractivity contribution is 0.00578. The summed E-state index contributed by atoms with van der Waals surface area (Å²) in [6.45, 7) is 56.0. The normalized spacial score (nSPS) is 27.3. The number of ether oxygens (including phenoxy) is 2. The van der Waals surface area contributed by atoms with Crippen LogP contribution in [0, 0.1) is 71.0 Å². The van der Waals surface area contributed by atoms with E-state index in [-0.39, 0.29) is 50.8 Å². The molecule has 1 heterocycles. The van der Waals surface area contributed by atoms with Gasteiger partial charge in [-0.25, -0.2) is 0 Å². The van der Waals surface area contributed by atoms with Gasteiger partial charge in [-0.3, -0.25) is 0 Å². The first-order chi connectivity index (χ1) is 50.4. The van der Waals surface area contributed by atoms with Gasteiger partial charge in [0.25, 0.3) is 0 Å². The van der Waals surface area contributed by atoms with Crippen LogP contribution in [0.3, 0.4) is 0 Å². The van der Waals surface area contributed by atoms with E-state index in [1.807, 2.05) is 7.11 Å². The topological polar surface area (TPSA) is 57.2 Å². The minimum absolute atomic E-state index is 0.00269. The minimum Gasteiger partial charge on any atom is -0.507 e. The van der Waals surface area contributed by atoms with Gasteiger partial charge in [-0.15, -0.1) is 0 Å². The van der Waals surface area contributed by atoms with Gasteiger partial charge >= 0.3 is 7.12 Å². The Morgan fingerprint density at radius 1 is 0.343 bits per heavy atom. The van der Waals surface area contributed by atoms with E-state index in [0.717, 1.165) is 106 Å². The maximum absolute atomic E-state index is 11.0. The minimum atomic E-state index is -0.302. The van der Waals surface area contributed by atoms with Gasteiger partial charge in [0.2, 0.25) is 0 Å². The summed E-state index contributed by atoms with van der Waals surface area (Å²) < 4.78 is 24.3. The molecule has 7 heteroatoms. The summed E-state index contributed by atoms with van der Waals surface area (Å²) in [6.07, 6.45) is 50.4. The summed E-state index contributed by atoms with van der Waals surface area (Å²) in [5, 5.41) is 12.2. The number of hydrogen-bond acceptors (Lipinski definition) is 5. The van der Waals surface area contributed by atoms with Crippen LogP contribution in [0.5, 0.6) is 17.2 Å². The number of rotatable bonds is 20. The fourth-order valence-corrected chi connectivity index (χ4v) is 21.7. The lowest BCUT2D eigenvalue weighted by Gasteiger charge is -2.38. The molecule has 0 radical (unpaired) electrons. The number of halogens is 1. The lowest BCUT2D eigenvalue weighted by Crippen LogP contribution is -2.41. The van der Waals surface area contributed by atoms with Gasteiger partial charge in [0.15, 0.2) is 0 Å². The van der Waals surface area contributed by atoms with E-state index in [1.165, 1.54) is 243 Å². The van der Waals surface area contributed by atoms with Crippen LogP contribution in [0.1, 0.15) is 429 Å². The first kappa shape index (κ1) is 92.7. The molecule has 0 unspecified atom stereocenters. The van der Waals surface area contributed by atoms with Crippen LogP contribution in [-0.2, 0) is 61.0 Å². The second-order valence-electron chi connectivity index (χ2n) is 44.2. The number of hydrogen-bond donors (Lipinski definition) is 1. The van der Waals surface area contributed by atoms with Crippen LogP contribution in [0.2, 0.25) is 0 Å². The number of phenolic OH excluding ortho intramolecular Hbond substituents is 1. The second kappa shape index (κ2) is 40.4. The Bertz CT molecular complexity index is 3000. The monoisotopic (exact) mass is 1560 g/mol. The van der Waals surface area contributed by atoms with Crippen molar-refractivity contribution >= 4 is 23.0 Å². The van der Waals surface area contributed by atoms with Gasteiger partial charge in [0, 0.05) is 33.9 Å². The fraction of sp³-hybridized carbons (Fsp3) is 0.822. The first-order valence-electron chi connectivity index (χ1n) is 45.6. The van der Waals surface area contributed by atoms with Crippen molar-refractivity contribution < 1.29 is 23.9 Å². The highest BCUT2D eigenvalue weighted by molar-refractivity contribution is 9.09. The third-order valence-electron chi connectivity index (χ3n) is 28.8. The molecule has 3 aromatic carbocycles. The Kier molecular flexibility index (Phi) is 34.7. The van der Waals surface area contributed by atoms with Crippen molar-refractivity contribution in [2.45, 2.75) is 441 Å². The van der Waals surface area contributed by atoms with Crippen molar-refractivity contribution in [2.75, 3.05) is 19.5 Å². The van der Waals surface area contributed by atoms with Gasteiger partial charge in [-0.05, 0) is 275 Å². The standard InChI is InChI=1S/C32H54O.C31H52O.C22H37BO3.C16H29Br/c1-9-10-23-13-17-26(18-14-23)27-19-15-24(16-20-27)11-12-25-21-28(31(2,3)4)30(33-8)29(22-25)32(5,6)7;1-8-9-22-12-16-25(17-13-22)26-18-14-23(15-19-26)10-11-24-20-27(30(2,3)4)29(32)28(21-24)31(5,6)7;1-19(2,3)16-12-15(13-17(18(16)24-11)20(4,5)6)14-23-25-21(7,8)22(9,10)26-23;1-2-3-13-4-8-15(9-5-13)16-10-6-14(12-17)7-11-16/h21-24,26-27H,9-20H2,1-8H3;20-23,25-26,32H,8-19H2,1-7H3;12-13H,14H2,1-11H3;13-16H,2-12H2,1H3. The van der Waals surface area contributed by atoms with E-state index in [0.29, 0.717) is 5.75 Å². The Morgan fingerprint density at radius 3 is 0.769 bits per heavy atom. The lowest BCUT2D eigenvalue weighted by atomic mass is 9.68. The molecule has 0 aromatic heterocycles. The van der Waals surface area contributed by atoms with Crippen molar-refractivity contribution in [3.05, 3.63) is 86.5 Å². The predicted molar refractivity (Wildman–Crippen MR) is 474 cm³/mol. The van der Waals surface area contributed by atoms with Gasteiger partial charge in [-0.1, -0.05) is 300 Å². The summed E-state index contributed by atoms with van der Waals surface area (Å²) in [5.74, 6) is 14.9. The molecule has 0 amide bonds. The summed E-state index contributed by atoms with van der Waals surface area (Å²) in [7, 11) is 3.39. The van der Waals surface area contributed by atoms with Gasteiger partial charge in [0.1, 0.15) is 17.2 Å². The summed E-state index contributed by atoms with van der Waals surface area (Å²) in [5.41, 5.74) is 11.1. The maximum atomic E-state index is 11.0. The van der Waals surface area contributed by atoms with Crippen molar-refractivity contribution in [1.82, 2.24) is 0 Å². The van der Waals surface area contributed by atoms with Crippen LogP contribution in [-0.4, -0.2) is 43.0 Å². The second-order valence-corrected chi connectivity index (χ2v) is 44.8. The third-order valence-corrected chi connectivity index (χ3v) is 29.7. The van der Waals surface area contributed by atoms with Gasteiger partial charge in [0.05, 0.1) is 25.4 Å². The zero-order valence-electron chi connectivity index (χ0n) is 75.9. The Morgan fingerprint density at radius 2 is 0.556 bits per heavy atom. The largest absolute Gasteiger partial charge is 0.507 e. The van der Waals surface area contributed by atoms with Crippen LogP contribution in [0.15, 0.2) is 36.4 Å². The predicted octanol–water partition coefficient (Wildman–Crippen LogP) is 30.2. The van der Waals surface area contributed by atoms with Crippen molar-refractivity contribution in [3.63, 3.8) is 0 Å². The molecular weight excluding hydrogens is 1380 g/mol. The smallest absolute Gasteiger partial charge is 0.462 e. The van der Waals surface area contributed by atoms with E-state index in [4.69, 9.17) is 18.8 Å². The van der Waals surface area contributed by atoms with Crippen LogP contribution < -0.4 is 9.47 Å². The molecule has 1 N–H and O–H groups in total. The molecule has 6 saturated carbocycles. The third kappa shape index (κ3) is 26.8. The molecule has 3 aromatic rings. The van der Waals surface area contributed by atoms with E-state index in [9.17, 15) is 5.11 Å². The number of benzene rings is 3. The molecule has 0 atom stereocenters. The summed E-state index contributed by atoms with van der Waals surface area (Å²) >= 11 is 3.65. The van der Waals surface area contributed by atoms with Crippen molar-refractivity contribution in [2.24, 2.45) is 71.0 Å². The molecule has 7 aliphatic rings. The summed E-state index contributed by atoms with van der Waals surface area (Å²) in [6, 6.07) is 14.0. The average molecular weight is 1560 g/mol. The molecule has 1 saturated heterocycles. The highest BCUT2D eigenvalue weighted by Gasteiger charge is 2.51. The van der Waals surface area contributed by atoms with Gasteiger partial charge < -0.3 is 23.9 Å². The highest BCUT2D eigenvalue weighted by atomic mass is 79.9. The van der Waals surface area contributed by atoms with Crippen molar-refractivity contribution in [1.29, 1.82) is 0 Å². The molecule has 6 aliphatic carbocycles. The Labute approximate surface area is 678 Å². The van der Waals surface area contributed by atoms with E-state index < -0.39 is 0 Å². The Balaban J connectivity index is 0.000000205. The van der Waals surface area contributed by atoms with Crippen LogP contribution in [0.25, 0.3) is 0 Å². The molecule has 108 heavy (non-hydrogen) atoms. The van der Waals surface area contributed by atoms with E-state index in [1.54, 1.807) is 20.0 Å². The van der Waals surface area contributed by atoms with Crippen molar-refractivity contribution in [3.8, 4) is 17.2 Å². The molecule has 5 nitrogen and oxygen atoms in total. The number of methoxy groups -OCH3 is 2. The first-order valence-corrected chi connectivity index (χ1v) is 46.8. The summed E-state index contributed by atoms with van der Waals surface area (Å²) in [4.78, 5) is 0. The molecule has 7 fully saturated rings. The molecule has 0 spiro atoms. The SMILES string of the molecule is CCCC1CCC(C2CCC(CBr)CC2)CC1.CCCC1CCC(C2CCC(CCc3cc(C(C)(C)C)c(O)c(C(C)(C)C)c3)CC2)CC1.CCCC1CCC(C2CCC(CCc3cc(C(C)(C)C)c(OC)c(C(C)(C)C)c3)CC2)CC1.COc1c(C(C)(C)C)cc(CB2OC(C)(C)C(C)(C)O2)cc1C(C)(C)C. The van der Waals surface area contributed by atoms with Crippen LogP contribution in [0.4, 0.5) is 0 Å². The quantitative estimate of drug-likeness (QED) is 0.0902. The molecular formula is C101H172BBrO5.